The second-order valence-corrected chi connectivity index (χ2v) is 7.36. The number of hydrogen-bond donors (Lipinski definition) is 2. The molecule has 5 nitrogen and oxygen atoms in total. The molecule has 0 saturated carbocycles. The minimum atomic E-state index is -0.453. The lowest BCUT2D eigenvalue weighted by atomic mass is 10.1. The monoisotopic (exact) mass is 368 g/mol. The van der Waals surface area contributed by atoms with Crippen LogP contribution in [0.4, 0.5) is 10.1 Å². The Balaban J connectivity index is 1.89. The Hall–Kier alpha value is -3.15. The van der Waals surface area contributed by atoms with Gasteiger partial charge in [-0.2, -0.15) is 0 Å². The van der Waals surface area contributed by atoms with Gasteiger partial charge in [-0.05, 0) is 50.6 Å². The zero-order valence-electron chi connectivity index (χ0n) is 15.4. The highest BCUT2D eigenvalue weighted by atomic mass is 19.1. The number of carbonyl (C=O) groups is 2. The third-order valence-corrected chi connectivity index (χ3v) is 3.83. The van der Waals surface area contributed by atoms with Crippen molar-refractivity contribution in [3.05, 3.63) is 65.7 Å². The predicted molar refractivity (Wildman–Crippen MR) is 102 cm³/mol. The van der Waals surface area contributed by atoms with E-state index in [1.165, 1.54) is 12.1 Å². The van der Waals surface area contributed by atoms with Gasteiger partial charge in [0.2, 0.25) is 11.7 Å². The number of amides is 2. The number of anilines is 1. The van der Waals surface area contributed by atoms with Gasteiger partial charge in [0.05, 0.1) is 6.42 Å². The average molecular weight is 368 g/mol. The van der Waals surface area contributed by atoms with Crippen molar-refractivity contribution in [1.29, 1.82) is 0 Å². The van der Waals surface area contributed by atoms with Crippen LogP contribution in [-0.2, 0) is 11.2 Å². The Labute approximate surface area is 156 Å². The molecule has 0 aliphatic carbocycles. The second kappa shape index (κ2) is 7.23. The van der Waals surface area contributed by atoms with Crippen LogP contribution in [0.1, 0.15) is 36.9 Å². The first-order valence-electron chi connectivity index (χ1n) is 8.61. The van der Waals surface area contributed by atoms with Crippen molar-refractivity contribution in [3.63, 3.8) is 0 Å². The van der Waals surface area contributed by atoms with E-state index in [1.807, 2.05) is 20.8 Å². The maximum atomic E-state index is 13.0. The van der Waals surface area contributed by atoms with E-state index in [1.54, 1.807) is 36.4 Å². The maximum absolute atomic E-state index is 13.0. The van der Waals surface area contributed by atoms with E-state index in [-0.39, 0.29) is 23.9 Å². The van der Waals surface area contributed by atoms with Gasteiger partial charge >= 0.3 is 0 Å². The summed E-state index contributed by atoms with van der Waals surface area (Å²) in [5.41, 5.74) is 1.06. The number of fused-ring (bicyclic) bond motifs is 1. The van der Waals surface area contributed by atoms with Crippen molar-refractivity contribution in [2.24, 2.45) is 0 Å². The predicted octanol–water partition coefficient (Wildman–Crippen LogP) is 4.28. The Morgan fingerprint density at radius 3 is 2.37 bits per heavy atom. The quantitative estimate of drug-likeness (QED) is 0.722. The molecule has 3 rings (SSSR count). The smallest absolute Gasteiger partial charge is 0.289 e. The van der Waals surface area contributed by atoms with Crippen molar-refractivity contribution in [1.82, 2.24) is 5.32 Å². The van der Waals surface area contributed by atoms with Crippen molar-refractivity contribution in [2.75, 3.05) is 5.32 Å². The number of nitrogens with one attached hydrogen (secondary N) is 2. The molecule has 27 heavy (non-hydrogen) atoms. The van der Waals surface area contributed by atoms with E-state index in [0.29, 0.717) is 22.2 Å². The molecule has 1 heterocycles. The molecule has 0 bridgehead atoms. The molecule has 6 heteroatoms. The average Bonchev–Trinajstić information content (AvgIpc) is 2.94. The van der Waals surface area contributed by atoms with Gasteiger partial charge in [-0.3, -0.25) is 9.59 Å². The minimum absolute atomic E-state index is 0.0542. The maximum Gasteiger partial charge on any atom is 0.289 e. The number of carbonyl (C=O) groups excluding carboxylic acids is 2. The van der Waals surface area contributed by atoms with E-state index in [0.717, 1.165) is 0 Å². The first-order valence-corrected chi connectivity index (χ1v) is 8.61. The molecule has 140 valence electrons. The summed E-state index contributed by atoms with van der Waals surface area (Å²) in [4.78, 5) is 25.1. The van der Waals surface area contributed by atoms with Gasteiger partial charge in [0.15, 0.2) is 0 Å². The topological polar surface area (TPSA) is 71.3 Å². The van der Waals surface area contributed by atoms with Gasteiger partial charge in [0.25, 0.3) is 5.91 Å². The molecule has 0 aliphatic heterocycles. The van der Waals surface area contributed by atoms with Crippen molar-refractivity contribution in [2.45, 2.75) is 32.7 Å². The molecule has 1 aromatic heterocycles. The lowest BCUT2D eigenvalue weighted by Gasteiger charge is -2.20. The van der Waals surface area contributed by atoms with Crippen LogP contribution in [0, 0.1) is 5.82 Å². The standard InChI is InChI=1S/C21H21FN2O3/c1-21(2,3)24-20(26)19-18(15-6-4-5-7-16(15)27-19)23-17(25)12-13-8-10-14(22)11-9-13/h4-11H,12H2,1-3H3,(H,23,25)(H,24,26). The lowest BCUT2D eigenvalue weighted by molar-refractivity contribution is -0.115. The van der Waals surface area contributed by atoms with Crippen LogP contribution in [0.3, 0.4) is 0 Å². The summed E-state index contributed by atoms with van der Waals surface area (Å²) in [6, 6.07) is 12.8. The van der Waals surface area contributed by atoms with Gasteiger partial charge in [-0.15, -0.1) is 0 Å². The Morgan fingerprint density at radius 1 is 1.04 bits per heavy atom. The van der Waals surface area contributed by atoms with Crippen LogP contribution in [0.25, 0.3) is 11.0 Å². The van der Waals surface area contributed by atoms with Gasteiger partial charge < -0.3 is 15.1 Å². The number of para-hydroxylation sites is 1. The molecule has 0 saturated heterocycles. The van der Waals surface area contributed by atoms with Crippen LogP contribution >= 0.6 is 0 Å². The summed E-state index contributed by atoms with van der Waals surface area (Å²) in [7, 11) is 0. The highest BCUT2D eigenvalue weighted by molar-refractivity contribution is 6.11. The van der Waals surface area contributed by atoms with Crippen LogP contribution < -0.4 is 10.6 Å². The molecule has 2 amide bonds. The van der Waals surface area contributed by atoms with Crippen molar-refractivity contribution in [3.8, 4) is 0 Å². The Morgan fingerprint density at radius 2 is 1.70 bits per heavy atom. The highest BCUT2D eigenvalue weighted by Gasteiger charge is 2.25. The van der Waals surface area contributed by atoms with Crippen molar-refractivity contribution < 1.29 is 18.4 Å². The van der Waals surface area contributed by atoms with Crippen LogP contribution in [0.2, 0.25) is 0 Å². The highest BCUT2D eigenvalue weighted by Crippen LogP contribution is 2.31. The van der Waals surface area contributed by atoms with Gasteiger partial charge in [0, 0.05) is 10.9 Å². The molecule has 2 aromatic carbocycles. The summed E-state index contributed by atoms with van der Waals surface area (Å²) in [6.07, 6.45) is 0.0557. The largest absolute Gasteiger partial charge is 0.449 e. The fraction of sp³-hybridized carbons (Fsp3) is 0.238. The van der Waals surface area contributed by atoms with E-state index in [4.69, 9.17) is 4.42 Å². The Kier molecular flexibility index (Phi) is 4.99. The molecule has 0 aliphatic rings. The van der Waals surface area contributed by atoms with Gasteiger partial charge in [-0.25, -0.2) is 4.39 Å². The SMILES string of the molecule is CC(C)(C)NC(=O)c1oc2ccccc2c1NC(=O)Cc1ccc(F)cc1. The molecule has 0 unspecified atom stereocenters. The summed E-state index contributed by atoms with van der Waals surface area (Å²) in [6.45, 7) is 5.58. The lowest BCUT2D eigenvalue weighted by Crippen LogP contribution is -2.40. The van der Waals surface area contributed by atoms with Crippen molar-refractivity contribution >= 4 is 28.5 Å². The number of furan rings is 1. The van der Waals surface area contributed by atoms with Crippen LogP contribution in [0.5, 0.6) is 0 Å². The van der Waals surface area contributed by atoms with E-state index in [9.17, 15) is 14.0 Å². The molecule has 0 fully saturated rings. The third-order valence-electron chi connectivity index (χ3n) is 3.83. The normalized spacial score (nSPS) is 11.4. The molecule has 0 radical (unpaired) electrons. The summed E-state index contributed by atoms with van der Waals surface area (Å²) in [5.74, 6) is -1.03. The minimum Gasteiger partial charge on any atom is -0.449 e. The van der Waals surface area contributed by atoms with Gasteiger partial charge in [-0.1, -0.05) is 24.3 Å². The van der Waals surface area contributed by atoms with E-state index < -0.39 is 11.4 Å². The molecule has 0 spiro atoms. The van der Waals surface area contributed by atoms with Crippen LogP contribution in [-0.4, -0.2) is 17.4 Å². The number of benzene rings is 2. The fourth-order valence-corrected chi connectivity index (χ4v) is 2.70. The third kappa shape index (κ3) is 4.53. The number of halogens is 1. The molecular weight excluding hydrogens is 347 g/mol. The zero-order valence-corrected chi connectivity index (χ0v) is 15.4. The summed E-state index contributed by atoms with van der Waals surface area (Å²) in [5, 5.41) is 6.26. The zero-order chi connectivity index (χ0) is 19.6. The second-order valence-electron chi connectivity index (χ2n) is 7.36. The first kappa shape index (κ1) is 18.6. The number of rotatable bonds is 4. The summed E-state index contributed by atoms with van der Waals surface area (Å²) >= 11 is 0. The van der Waals surface area contributed by atoms with E-state index in [2.05, 4.69) is 10.6 Å². The fourth-order valence-electron chi connectivity index (χ4n) is 2.70. The molecule has 2 N–H and O–H groups in total. The molecule has 3 aromatic rings. The molecular formula is C21H21FN2O3. The molecule has 0 atom stereocenters. The Bertz CT molecular complexity index is 985. The van der Waals surface area contributed by atoms with Gasteiger partial charge in [0.1, 0.15) is 17.1 Å². The summed E-state index contributed by atoms with van der Waals surface area (Å²) < 4.78 is 18.7. The van der Waals surface area contributed by atoms with E-state index >= 15 is 0 Å². The number of hydrogen-bond acceptors (Lipinski definition) is 3. The van der Waals surface area contributed by atoms with Crippen LogP contribution in [0.15, 0.2) is 52.9 Å². The first-order chi connectivity index (χ1) is 12.7.